The van der Waals surface area contributed by atoms with E-state index >= 15 is 0 Å². The first-order valence-electron chi connectivity index (χ1n) is 11.9. The molecule has 0 bridgehead atoms. The molecule has 4 rings (SSSR count). The van der Waals surface area contributed by atoms with Gasteiger partial charge in [-0.2, -0.15) is 0 Å². The highest BCUT2D eigenvalue weighted by molar-refractivity contribution is 6.35. The van der Waals surface area contributed by atoms with E-state index in [1.54, 1.807) is 6.07 Å². The van der Waals surface area contributed by atoms with Crippen molar-refractivity contribution in [3.8, 4) is 28.4 Å². The average molecular weight is 522 g/mol. The second-order valence-electron chi connectivity index (χ2n) is 7.91. The molecule has 3 heterocycles. The lowest BCUT2D eigenvalue weighted by Gasteiger charge is -2.17. The van der Waals surface area contributed by atoms with E-state index in [9.17, 15) is 0 Å². The lowest BCUT2D eigenvalue weighted by Crippen LogP contribution is -2.20. The summed E-state index contributed by atoms with van der Waals surface area (Å²) in [6, 6.07) is 5.59. The van der Waals surface area contributed by atoms with Gasteiger partial charge in [-0.25, -0.2) is 9.97 Å². The Morgan fingerprint density at radius 3 is 2.63 bits per heavy atom. The fraction of sp³-hybridized carbons (Fsp3) is 0.480. The minimum atomic E-state index is 0.111. The van der Waals surface area contributed by atoms with Gasteiger partial charge in [0.2, 0.25) is 0 Å². The Bertz CT molecular complexity index is 1100. The predicted octanol–water partition coefficient (Wildman–Crippen LogP) is 5.94. The zero-order chi connectivity index (χ0) is 25.4. The first-order chi connectivity index (χ1) is 17.0. The highest BCUT2D eigenvalue weighted by atomic mass is 35.5. The molecule has 2 aromatic heterocycles. The van der Waals surface area contributed by atoms with Crippen LogP contribution in [-0.2, 0) is 4.74 Å². The topological polar surface area (TPSA) is 94.3 Å². The van der Waals surface area contributed by atoms with E-state index in [0.717, 1.165) is 24.9 Å². The van der Waals surface area contributed by atoms with Gasteiger partial charge in [0.25, 0.3) is 0 Å². The third kappa shape index (κ3) is 6.64. The fourth-order valence-corrected chi connectivity index (χ4v) is 4.13. The maximum Gasteiger partial charge on any atom is 0.163 e. The minimum absolute atomic E-state index is 0.111. The summed E-state index contributed by atoms with van der Waals surface area (Å²) >= 11 is 13.4. The van der Waals surface area contributed by atoms with Crippen LogP contribution in [0.15, 0.2) is 22.7 Å². The van der Waals surface area contributed by atoms with Gasteiger partial charge in [0, 0.05) is 12.2 Å². The van der Waals surface area contributed by atoms with Crippen molar-refractivity contribution in [1.82, 2.24) is 20.4 Å². The number of rotatable bonds is 9. The van der Waals surface area contributed by atoms with Crippen LogP contribution < -0.4 is 15.4 Å². The number of ether oxygens (including phenoxy) is 2. The van der Waals surface area contributed by atoms with Crippen LogP contribution in [0, 0.1) is 13.8 Å². The molecule has 1 aliphatic rings. The normalized spacial score (nSPS) is 15.0. The van der Waals surface area contributed by atoms with Crippen LogP contribution in [0.1, 0.15) is 38.1 Å². The number of benzene rings is 1. The van der Waals surface area contributed by atoms with Crippen molar-refractivity contribution >= 4 is 29.0 Å². The predicted molar refractivity (Wildman–Crippen MR) is 141 cm³/mol. The van der Waals surface area contributed by atoms with E-state index < -0.39 is 0 Å². The number of aromatic nitrogens is 3. The Hall–Kier alpha value is -2.39. The summed E-state index contributed by atoms with van der Waals surface area (Å²) < 4.78 is 16.8. The second kappa shape index (κ2) is 13.1. The molecule has 0 amide bonds. The zero-order valence-electron chi connectivity index (χ0n) is 20.9. The molecule has 8 nitrogen and oxygen atoms in total. The molecular weight excluding hydrogens is 489 g/mol. The third-order valence-corrected chi connectivity index (χ3v) is 6.10. The van der Waals surface area contributed by atoms with E-state index in [1.807, 2.05) is 46.9 Å². The van der Waals surface area contributed by atoms with Gasteiger partial charge in [-0.05, 0) is 58.5 Å². The molecule has 35 heavy (non-hydrogen) atoms. The molecule has 3 aromatic rings. The summed E-state index contributed by atoms with van der Waals surface area (Å²) in [6.07, 6.45) is 1.76. The average Bonchev–Trinajstić information content (AvgIpc) is 3.50. The maximum absolute atomic E-state index is 6.79. The summed E-state index contributed by atoms with van der Waals surface area (Å²) in [5.74, 6) is 2.27. The van der Waals surface area contributed by atoms with Crippen LogP contribution in [0.5, 0.6) is 5.75 Å². The number of halogens is 2. The molecule has 1 aliphatic heterocycles. The third-order valence-electron chi connectivity index (χ3n) is 5.41. The van der Waals surface area contributed by atoms with E-state index in [2.05, 4.69) is 15.8 Å². The number of nitrogens with zero attached hydrogens (tertiary/aromatic N) is 3. The van der Waals surface area contributed by atoms with Crippen LogP contribution in [0.3, 0.4) is 0 Å². The van der Waals surface area contributed by atoms with Crippen LogP contribution in [0.4, 0.5) is 5.82 Å². The molecule has 1 atom stereocenters. The molecule has 0 radical (unpaired) electrons. The molecule has 0 saturated carbocycles. The van der Waals surface area contributed by atoms with Crippen LogP contribution in [-0.4, -0.2) is 54.6 Å². The molecular formula is C25H33Cl2N5O3. The molecule has 10 heteroatoms. The Kier molecular flexibility index (Phi) is 10.2. The van der Waals surface area contributed by atoms with Crippen LogP contribution in [0.2, 0.25) is 10.0 Å². The first kappa shape index (κ1) is 27.2. The summed E-state index contributed by atoms with van der Waals surface area (Å²) in [6.45, 7) is 10.4. The molecule has 1 saturated heterocycles. The van der Waals surface area contributed by atoms with Gasteiger partial charge >= 0.3 is 0 Å². The van der Waals surface area contributed by atoms with Crippen molar-refractivity contribution in [3.63, 3.8) is 0 Å². The van der Waals surface area contributed by atoms with Gasteiger partial charge in [-0.15, -0.1) is 0 Å². The highest BCUT2D eigenvalue weighted by Gasteiger charge is 2.24. The molecule has 2 N–H and O–H groups in total. The molecule has 1 unspecified atom stereocenters. The van der Waals surface area contributed by atoms with Gasteiger partial charge in [0.15, 0.2) is 5.82 Å². The van der Waals surface area contributed by atoms with Gasteiger partial charge in [0.05, 0.1) is 35.5 Å². The second-order valence-corrected chi connectivity index (χ2v) is 8.69. The number of aryl methyl sites for hydroxylation is 2. The molecule has 0 spiro atoms. The van der Waals surface area contributed by atoms with Gasteiger partial charge in [-0.1, -0.05) is 42.2 Å². The van der Waals surface area contributed by atoms with Crippen molar-refractivity contribution in [2.45, 2.75) is 46.6 Å². The number of anilines is 1. The van der Waals surface area contributed by atoms with E-state index in [-0.39, 0.29) is 6.04 Å². The zero-order valence-corrected chi connectivity index (χ0v) is 22.4. The van der Waals surface area contributed by atoms with Gasteiger partial charge < -0.3 is 24.6 Å². The SMILES string of the molecule is CC.CNCCCOc1ccc(Cl)c(-c2nc(NC3CCOC3)c(Cl)c(-c3c(C)noc3C)n2)c1. The van der Waals surface area contributed by atoms with E-state index in [1.165, 1.54) is 0 Å². The standard InChI is InChI=1S/C23H27Cl2N5O3.C2H6/c1-13-19(14(2)33-30-13)21-20(25)23(27-15-7-10-31-12-15)29-22(28-21)17-11-16(5-6-18(17)24)32-9-4-8-26-3;1-2/h5-6,11,15,26H,4,7-10,12H2,1-3H3,(H,27,28,29);1-2H3. The fourth-order valence-electron chi connectivity index (χ4n) is 3.70. The summed E-state index contributed by atoms with van der Waals surface area (Å²) in [5.41, 5.74) is 2.63. The Morgan fingerprint density at radius 1 is 1.17 bits per heavy atom. The molecule has 190 valence electrons. The van der Waals surface area contributed by atoms with Crippen molar-refractivity contribution in [2.75, 3.05) is 38.7 Å². The number of nitrogens with one attached hydrogen (secondary N) is 2. The Morgan fingerprint density at radius 2 is 1.97 bits per heavy atom. The molecule has 1 fully saturated rings. The minimum Gasteiger partial charge on any atom is -0.494 e. The highest BCUT2D eigenvalue weighted by Crippen LogP contribution is 2.39. The lowest BCUT2D eigenvalue weighted by atomic mass is 10.1. The van der Waals surface area contributed by atoms with Crippen molar-refractivity contribution in [2.24, 2.45) is 0 Å². The number of hydrogen-bond acceptors (Lipinski definition) is 8. The molecule has 1 aromatic carbocycles. The van der Waals surface area contributed by atoms with Crippen molar-refractivity contribution < 1.29 is 14.0 Å². The molecule has 0 aliphatic carbocycles. The Labute approximate surface area is 216 Å². The number of hydrogen-bond donors (Lipinski definition) is 2. The maximum atomic E-state index is 6.79. The van der Waals surface area contributed by atoms with Crippen molar-refractivity contribution in [3.05, 3.63) is 39.7 Å². The van der Waals surface area contributed by atoms with Crippen LogP contribution in [0.25, 0.3) is 22.6 Å². The van der Waals surface area contributed by atoms with Crippen LogP contribution >= 0.6 is 23.2 Å². The van der Waals surface area contributed by atoms with E-state index in [4.69, 9.17) is 47.2 Å². The smallest absolute Gasteiger partial charge is 0.163 e. The largest absolute Gasteiger partial charge is 0.494 e. The summed E-state index contributed by atoms with van der Waals surface area (Å²) in [4.78, 5) is 9.53. The lowest BCUT2D eigenvalue weighted by molar-refractivity contribution is 0.195. The summed E-state index contributed by atoms with van der Waals surface area (Å²) in [5, 5.41) is 11.5. The quantitative estimate of drug-likeness (QED) is 0.334. The van der Waals surface area contributed by atoms with Gasteiger partial charge in [-0.3, -0.25) is 0 Å². The van der Waals surface area contributed by atoms with Gasteiger partial charge in [0.1, 0.15) is 28.0 Å². The first-order valence-corrected chi connectivity index (χ1v) is 12.7. The van der Waals surface area contributed by atoms with E-state index in [0.29, 0.717) is 70.0 Å². The Balaban J connectivity index is 0.00000167. The monoisotopic (exact) mass is 521 g/mol. The summed E-state index contributed by atoms with van der Waals surface area (Å²) in [7, 11) is 1.91. The van der Waals surface area contributed by atoms with Crippen molar-refractivity contribution in [1.29, 1.82) is 0 Å².